The predicted molar refractivity (Wildman–Crippen MR) is 219 cm³/mol. The van der Waals surface area contributed by atoms with E-state index in [4.69, 9.17) is 21.1 Å². The van der Waals surface area contributed by atoms with E-state index < -0.39 is 5.60 Å². The molecule has 3 aliphatic heterocycles. The van der Waals surface area contributed by atoms with Crippen molar-refractivity contribution in [3.8, 4) is 0 Å². The van der Waals surface area contributed by atoms with Crippen molar-refractivity contribution in [2.45, 2.75) is 135 Å². The lowest BCUT2D eigenvalue weighted by atomic mass is 9.48. The molecule has 8 heteroatoms. The number of allylic oxidation sites excluding steroid dienone is 2. The molecule has 11 unspecified atom stereocenters. The first-order valence-electron chi connectivity index (χ1n) is 21.9. The lowest BCUT2D eigenvalue weighted by molar-refractivity contribution is -0.272. The number of hydrogen-bond donors (Lipinski definition) is 2. The molecule has 2 aromatic carbocycles. The summed E-state index contributed by atoms with van der Waals surface area (Å²) in [5.41, 5.74) is 3.13. The molecule has 6 fully saturated rings. The Morgan fingerprint density at radius 1 is 0.946 bits per heavy atom. The highest BCUT2D eigenvalue weighted by molar-refractivity contribution is 6.30. The molecule has 306 valence electrons. The van der Waals surface area contributed by atoms with Gasteiger partial charge in [-0.3, -0.25) is 4.79 Å². The number of ketones is 1. The third-order valence-electron chi connectivity index (χ3n) is 16.4. The summed E-state index contributed by atoms with van der Waals surface area (Å²) in [6.45, 7) is 13.2. The number of piperidine rings is 1. The van der Waals surface area contributed by atoms with Crippen LogP contribution in [0.15, 0.2) is 60.2 Å². The largest absolute Gasteiger partial charge is 0.393 e. The number of carbonyl (C=O) groups excluding carboxylic acids is 1. The molecule has 0 amide bonds. The molecule has 11 atom stereocenters. The van der Waals surface area contributed by atoms with E-state index in [1.165, 1.54) is 62.8 Å². The van der Waals surface area contributed by atoms with Gasteiger partial charge in [-0.25, -0.2) is 4.39 Å². The number of ether oxygens (including phenoxy) is 2. The van der Waals surface area contributed by atoms with E-state index in [2.05, 4.69) is 38.7 Å². The molecule has 3 heterocycles. The van der Waals surface area contributed by atoms with E-state index in [1.807, 2.05) is 24.3 Å². The van der Waals surface area contributed by atoms with E-state index >= 15 is 0 Å². The van der Waals surface area contributed by atoms with Crippen molar-refractivity contribution in [2.24, 2.45) is 46.3 Å². The Balaban J connectivity index is 0.000000160. The Morgan fingerprint density at radius 3 is 2.38 bits per heavy atom. The molecule has 0 bridgehead atoms. The van der Waals surface area contributed by atoms with E-state index in [-0.39, 0.29) is 23.5 Å². The summed E-state index contributed by atoms with van der Waals surface area (Å²) >= 11 is 5.92. The van der Waals surface area contributed by atoms with E-state index in [1.54, 1.807) is 5.57 Å². The molecule has 0 radical (unpaired) electrons. The van der Waals surface area contributed by atoms with Crippen molar-refractivity contribution in [3.05, 3.63) is 82.1 Å². The molecule has 0 aromatic heterocycles. The average Bonchev–Trinajstić information content (AvgIpc) is 3.63. The Labute approximate surface area is 339 Å². The first-order chi connectivity index (χ1) is 26.7. The second-order valence-electron chi connectivity index (χ2n) is 19.6. The number of halogens is 2. The number of fused-ring (bicyclic) bond motifs is 7. The van der Waals surface area contributed by atoms with Crippen LogP contribution in [0.4, 0.5) is 4.39 Å². The number of likely N-dealkylation sites (tertiary alicyclic amines) is 1. The van der Waals surface area contributed by atoms with Crippen molar-refractivity contribution in [2.75, 3.05) is 26.2 Å². The van der Waals surface area contributed by atoms with Gasteiger partial charge >= 0.3 is 0 Å². The first-order valence-corrected chi connectivity index (χ1v) is 22.3. The molecular weight excluding hydrogens is 725 g/mol. The molecule has 56 heavy (non-hydrogen) atoms. The van der Waals surface area contributed by atoms with Gasteiger partial charge in [-0.15, -0.1) is 0 Å². The molecule has 7 aliphatic rings. The number of aliphatic hydroxyl groups excluding tert-OH is 1. The number of carbonyl (C=O) groups is 1. The molecule has 1 spiro atoms. The summed E-state index contributed by atoms with van der Waals surface area (Å²) < 4.78 is 26.2. The van der Waals surface area contributed by atoms with Crippen LogP contribution < -0.4 is 0 Å². The van der Waals surface area contributed by atoms with Crippen molar-refractivity contribution < 1.29 is 28.9 Å². The van der Waals surface area contributed by atoms with E-state index in [0.717, 1.165) is 69.3 Å². The van der Waals surface area contributed by atoms with Crippen LogP contribution in [0.3, 0.4) is 0 Å². The summed E-state index contributed by atoms with van der Waals surface area (Å²) in [7, 11) is 0. The molecular formula is C48H65ClFNO5. The maximum absolute atomic E-state index is 12.9. The van der Waals surface area contributed by atoms with Crippen LogP contribution in [0.25, 0.3) is 0 Å². The third-order valence-corrected chi connectivity index (χ3v) is 16.6. The number of hydrogen-bond acceptors (Lipinski definition) is 6. The molecule has 3 saturated carbocycles. The zero-order valence-corrected chi connectivity index (χ0v) is 34.9. The number of nitrogens with zero attached hydrogens (tertiary/aromatic N) is 1. The lowest BCUT2D eigenvalue weighted by Crippen LogP contribution is -2.50. The van der Waals surface area contributed by atoms with Crippen LogP contribution in [0.1, 0.15) is 127 Å². The zero-order chi connectivity index (χ0) is 39.5. The minimum atomic E-state index is -0.801. The molecule has 2 aromatic rings. The standard InChI is InChI=1S/C27H42O3.C21H23ClFNO2/c1-16-7-12-27(29-15-16)17(2)24-23(30-27)14-22-20-6-5-18-13-19(28)8-10-25(18,3)21(20)9-11-26(22,24)4;22-18-7-5-17(6-8-18)21(26)11-14-24(15-12-21)13-1-2-20(25)16-3-9-19(23)10-4-16/h9,16-20,22-24,28H,5-8,10-15H2,1-4H3;3-10,26H,1-2,11-15H2. The number of aliphatic hydroxyl groups is 2. The van der Waals surface area contributed by atoms with Gasteiger partial charge < -0.3 is 24.6 Å². The topological polar surface area (TPSA) is 79.2 Å². The van der Waals surface area contributed by atoms with E-state index in [9.17, 15) is 19.4 Å². The Morgan fingerprint density at radius 2 is 1.68 bits per heavy atom. The summed E-state index contributed by atoms with van der Waals surface area (Å²) in [6.07, 6.45) is 16.1. The fourth-order valence-electron chi connectivity index (χ4n) is 13.0. The minimum Gasteiger partial charge on any atom is -0.393 e. The normalized spacial score (nSPS) is 40.0. The van der Waals surface area contributed by atoms with Crippen LogP contribution in [-0.2, 0) is 15.1 Å². The highest BCUT2D eigenvalue weighted by atomic mass is 35.5. The number of rotatable bonds is 6. The molecule has 4 aliphatic carbocycles. The van der Waals surface area contributed by atoms with Crippen molar-refractivity contribution >= 4 is 17.4 Å². The summed E-state index contributed by atoms with van der Waals surface area (Å²) in [5.74, 6) is 3.39. The highest BCUT2D eigenvalue weighted by Gasteiger charge is 2.68. The third kappa shape index (κ3) is 7.49. The maximum atomic E-state index is 12.9. The fourth-order valence-corrected chi connectivity index (χ4v) is 13.1. The first kappa shape index (κ1) is 40.6. The zero-order valence-electron chi connectivity index (χ0n) is 34.2. The molecule has 2 N–H and O–H groups in total. The minimum absolute atomic E-state index is 0.0414. The summed E-state index contributed by atoms with van der Waals surface area (Å²) in [5, 5.41) is 21.8. The van der Waals surface area contributed by atoms with Crippen LogP contribution in [-0.4, -0.2) is 65.1 Å². The molecule has 3 saturated heterocycles. The van der Waals surface area contributed by atoms with Gasteiger partial charge in [0.1, 0.15) is 5.82 Å². The van der Waals surface area contributed by atoms with Crippen LogP contribution >= 0.6 is 11.6 Å². The molecule has 9 rings (SSSR count). The number of benzene rings is 2. The van der Waals surface area contributed by atoms with Crippen LogP contribution in [0.5, 0.6) is 0 Å². The fraction of sp³-hybridized carbons (Fsp3) is 0.688. The summed E-state index contributed by atoms with van der Waals surface area (Å²) in [6, 6.07) is 13.1. The Hall–Kier alpha value is -2.13. The quantitative estimate of drug-likeness (QED) is 0.224. The molecule has 6 nitrogen and oxygen atoms in total. The second-order valence-corrected chi connectivity index (χ2v) is 20.0. The van der Waals surface area contributed by atoms with Gasteiger partial charge in [0.2, 0.25) is 0 Å². The van der Waals surface area contributed by atoms with Crippen molar-refractivity contribution in [1.82, 2.24) is 4.90 Å². The smallest absolute Gasteiger partial charge is 0.171 e. The van der Waals surface area contributed by atoms with Gasteiger partial charge in [-0.1, -0.05) is 63.1 Å². The SMILES string of the molecule is CC1CCC2(OC1)OC1CC3C4CCC5CC(O)CCC5(C)C4=CCC3(C)C1C2C.O=C(CCCN1CCC(O)(c2ccc(Cl)cc2)CC1)c1ccc(F)cc1. The lowest BCUT2D eigenvalue weighted by Gasteiger charge is -2.57. The highest BCUT2D eigenvalue weighted by Crippen LogP contribution is 2.70. The van der Waals surface area contributed by atoms with E-state index in [0.29, 0.717) is 70.5 Å². The number of Topliss-reactive ketones (excluding diaryl/α,β-unsaturated/α-hetero) is 1. The monoisotopic (exact) mass is 789 g/mol. The van der Waals surface area contributed by atoms with Gasteiger partial charge in [-0.2, -0.15) is 0 Å². The Bertz CT molecular complexity index is 1730. The van der Waals surface area contributed by atoms with Crippen molar-refractivity contribution in [3.63, 3.8) is 0 Å². The Kier molecular flexibility index (Phi) is 11.5. The summed E-state index contributed by atoms with van der Waals surface area (Å²) in [4.78, 5) is 14.4. The predicted octanol–water partition coefficient (Wildman–Crippen LogP) is 10.1. The van der Waals surface area contributed by atoms with Gasteiger partial charge in [0.25, 0.3) is 0 Å². The van der Waals surface area contributed by atoms with Gasteiger partial charge in [0.15, 0.2) is 11.6 Å². The second kappa shape index (κ2) is 15.8. The van der Waals surface area contributed by atoms with Gasteiger partial charge in [-0.05, 0) is 160 Å². The van der Waals surface area contributed by atoms with Crippen LogP contribution in [0.2, 0.25) is 5.02 Å². The van der Waals surface area contributed by atoms with Gasteiger partial charge in [0.05, 0.1) is 24.4 Å². The van der Waals surface area contributed by atoms with Crippen molar-refractivity contribution in [1.29, 1.82) is 0 Å². The van der Waals surface area contributed by atoms with Gasteiger partial charge in [0, 0.05) is 42.4 Å². The van der Waals surface area contributed by atoms with Crippen LogP contribution in [0, 0.1) is 52.2 Å². The maximum Gasteiger partial charge on any atom is 0.171 e. The average molecular weight is 791 g/mol.